The van der Waals surface area contributed by atoms with Crippen LogP contribution >= 0.6 is 0 Å². The van der Waals surface area contributed by atoms with Gasteiger partial charge in [0.25, 0.3) is 0 Å². The van der Waals surface area contributed by atoms with E-state index in [1.165, 1.54) is 77.3 Å². The maximum Gasteiger partial charge on any atom is 0.0695 e. The van der Waals surface area contributed by atoms with Crippen molar-refractivity contribution in [3.8, 4) is 0 Å². The molecular weight excluding hydrogens is 210 g/mol. The Kier molecular flexibility index (Phi) is 5.79. The summed E-state index contributed by atoms with van der Waals surface area (Å²) in [7, 11) is 0. The monoisotopic (exact) mass is 239 g/mol. The second-order valence-electron chi connectivity index (χ2n) is 6.03. The third-order valence-electron chi connectivity index (χ3n) is 4.59. The van der Waals surface area contributed by atoms with Crippen LogP contribution in [0.1, 0.15) is 64.2 Å². The summed E-state index contributed by atoms with van der Waals surface area (Å²) in [6, 6.07) is 0. The van der Waals surface area contributed by atoms with Gasteiger partial charge in [-0.1, -0.05) is 38.5 Å². The smallest absolute Gasteiger partial charge is 0.0695 e. The quantitative estimate of drug-likeness (QED) is 0.817. The minimum Gasteiger partial charge on any atom is -0.392 e. The zero-order valence-electron chi connectivity index (χ0n) is 11.2. The van der Waals surface area contributed by atoms with E-state index in [0.29, 0.717) is 5.92 Å². The van der Waals surface area contributed by atoms with Gasteiger partial charge in [-0.2, -0.15) is 0 Å². The van der Waals surface area contributed by atoms with Gasteiger partial charge in [0.05, 0.1) is 6.10 Å². The molecule has 0 aromatic carbocycles. The molecule has 0 radical (unpaired) electrons. The molecule has 1 heterocycles. The largest absolute Gasteiger partial charge is 0.392 e. The Hall–Kier alpha value is -0.0800. The average molecular weight is 239 g/mol. The molecule has 0 amide bonds. The molecule has 1 saturated heterocycles. The third-order valence-corrected chi connectivity index (χ3v) is 4.59. The van der Waals surface area contributed by atoms with Gasteiger partial charge >= 0.3 is 0 Å². The highest BCUT2D eigenvalue weighted by molar-refractivity contribution is 4.76. The molecule has 0 spiro atoms. The second kappa shape index (κ2) is 7.38. The van der Waals surface area contributed by atoms with Crippen LogP contribution in [-0.2, 0) is 0 Å². The minimum atomic E-state index is -0.0604. The van der Waals surface area contributed by atoms with Crippen molar-refractivity contribution >= 4 is 0 Å². The molecule has 2 aliphatic rings. The van der Waals surface area contributed by atoms with E-state index in [1.54, 1.807) is 0 Å². The van der Waals surface area contributed by atoms with Gasteiger partial charge in [-0.3, -0.25) is 0 Å². The normalized spacial score (nSPS) is 27.4. The number of hydrogen-bond acceptors (Lipinski definition) is 2. The molecule has 0 aromatic rings. The van der Waals surface area contributed by atoms with E-state index >= 15 is 0 Å². The Morgan fingerprint density at radius 3 is 2.00 bits per heavy atom. The highest BCUT2D eigenvalue weighted by Gasteiger charge is 2.23. The first kappa shape index (κ1) is 13.4. The minimum absolute atomic E-state index is 0.0604. The van der Waals surface area contributed by atoms with Gasteiger partial charge in [0.15, 0.2) is 0 Å². The van der Waals surface area contributed by atoms with Crippen LogP contribution < -0.4 is 0 Å². The summed E-state index contributed by atoms with van der Waals surface area (Å²) in [6.45, 7) is 3.36. The second-order valence-corrected chi connectivity index (χ2v) is 6.03. The van der Waals surface area contributed by atoms with E-state index in [9.17, 15) is 5.11 Å². The van der Waals surface area contributed by atoms with E-state index in [2.05, 4.69) is 4.90 Å². The van der Waals surface area contributed by atoms with Crippen molar-refractivity contribution in [1.29, 1.82) is 0 Å². The third kappa shape index (κ3) is 4.59. The lowest BCUT2D eigenvalue weighted by molar-refractivity contribution is 0.0452. The molecule has 2 fully saturated rings. The van der Waals surface area contributed by atoms with Gasteiger partial charge in [-0.25, -0.2) is 0 Å². The van der Waals surface area contributed by atoms with Crippen molar-refractivity contribution in [1.82, 2.24) is 4.90 Å². The molecule has 1 saturated carbocycles. The van der Waals surface area contributed by atoms with Crippen LogP contribution in [0.2, 0.25) is 0 Å². The Morgan fingerprint density at radius 1 is 0.824 bits per heavy atom. The van der Waals surface area contributed by atoms with Crippen molar-refractivity contribution < 1.29 is 5.11 Å². The van der Waals surface area contributed by atoms with Crippen molar-refractivity contribution in [3.63, 3.8) is 0 Å². The molecule has 1 N–H and O–H groups in total. The first-order chi connectivity index (χ1) is 8.36. The van der Waals surface area contributed by atoms with Crippen LogP contribution in [0.3, 0.4) is 0 Å². The van der Waals surface area contributed by atoms with Crippen LogP contribution in [0.4, 0.5) is 0 Å². The summed E-state index contributed by atoms with van der Waals surface area (Å²) in [5, 5.41) is 10.3. The maximum absolute atomic E-state index is 10.3. The van der Waals surface area contributed by atoms with Crippen molar-refractivity contribution in [3.05, 3.63) is 0 Å². The van der Waals surface area contributed by atoms with Crippen LogP contribution in [0.15, 0.2) is 0 Å². The maximum atomic E-state index is 10.3. The Labute approximate surface area is 106 Å². The number of aliphatic hydroxyl groups is 1. The fourth-order valence-electron chi connectivity index (χ4n) is 3.43. The zero-order chi connectivity index (χ0) is 11.9. The number of aliphatic hydroxyl groups excluding tert-OH is 1. The van der Waals surface area contributed by atoms with Gasteiger partial charge in [0, 0.05) is 6.54 Å². The van der Waals surface area contributed by atoms with Crippen molar-refractivity contribution in [2.75, 3.05) is 19.6 Å². The number of hydrogen-bond donors (Lipinski definition) is 1. The van der Waals surface area contributed by atoms with Crippen molar-refractivity contribution in [2.45, 2.75) is 70.3 Å². The standard InChI is InChI=1S/C15H29NO/c17-15(14-9-5-4-6-10-14)13-16-11-7-2-1-3-8-12-16/h14-15,17H,1-13H2. The van der Waals surface area contributed by atoms with Crippen molar-refractivity contribution in [2.24, 2.45) is 5.92 Å². The number of nitrogens with zero attached hydrogens (tertiary/aromatic N) is 1. The molecule has 2 rings (SSSR count). The van der Waals surface area contributed by atoms with Crippen LogP contribution in [0.5, 0.6) is 0 Å². The SMILES string of the molecule is OC(CN1CCCCCCC1)C1CCCCC1. The molecule has 1 aliphatic heterocycles. The van der Waals surface area contributed by atoms with E-state index in [-0.39, 0.29) is 6.10 Å². The van der Waals surface area contributed by atoms with E-state index in [4.69, 9.17) is 0 Å². The molecule has 1 atom stereocenters. The van der Waals surface area contributed by atoms with Gasteiger partial charge in [-0.05, 0) is 44.7 Å². The van der Waals surface area contributed by atoms with E-state index < -0.39 is 0 Å². The molecule has 1 aliphatic carbocycles. The molecule has 2 heteroatoms. The lowest BCUT2D eigenvalue weighted by Gasteiger charge is -2.32. The van der Waals surface area contributed by atoms with Gasteiger partial charge in [-0.15, -0.1) is 0 Å². The lowest BCUT2D eigenvalue weighted by atomic mass is 9.85. The van der Waals surface area contributed by atoms with Gasteiger partial charge in [0.1, 0.15) is 0 Å². The lowest BCUT2D eigenvalue weighted by Crippen LogP contribution is -2.38. The van der Waals surface area contributed by atoms with E-state index in [1.807, 2.05) is 0 Å². The van der Waals surface area contributed by atoms with Gasteiger partial charge in [0.2, 0.25) is 0 Å². The highest BCUT2D eigenvalue weighted by atomic mass is 16.3. The number of rotatable bonds is 3. The fraction of sp³-hybridized carbons (Fsp3) is 1.00. The topological polar surface area (TPSA) is 23.5 Å². The predicted octanol–water partition coefficient (Wildman–Crippen LogP) is 3.19. The summed E-state index contributed by atoms with van der Waals surface area (Å²) in [5.74, 6) is 0.592. The summed E-state index contributed by atoms with van der Waals surface area (Å²) < 4.78 is 0. The molecule has 1 unspecified atom stereocenters. The zero-order valence-corrected chi connectivity index (χ0v) is 11.2. The molecule has 0 bridgehead atoms. The van der Waals surface area contributed by atoms with Crippen LogP contribution in [0.25, 0.3) is 0 Å². The van der Waals surface area contributed by atoms with Crippen LogP contribution in [0, 0.1) is 5.92 Å². The molecule has 100 valence electrons. The summed E-state index contributed by atoms with van der Waals surface area (Å²) >= 11 is 0. The Morgan fingerprint density at radius 2 is 1.35 bits per heavy atom. The fourth-order valence-corrected chi connectivity index (χ4v) is 3.43. The predicted molar refractivity (Wildman–Crippen MR) is 72.1 cm³/mol. The molecule has 0 aromatic heterocycles. The number of likely N-dealkylation sites (tertiary alicyclic amines) is 1. The highest BCUT2D eigenvalue weighted by Crippen LogP contribution is 2.27. The van der Waals surface area contributed by atoms with Crippen LogP contribution in [-0.4, -0.2) is 35.7 Å². The first-order valence-electron chi connectivity index (χ1n) is 7.76. The Balaban J connectivity index is 1.73. The first-order valence-corrected chi connectivity index (χ1v) is 7.76. The number of β-amino-alcohol motifs (C(OH)–C–C–N with tert-alkyl or cyclic N) is 1. The summed E-state index contributed by atoms with van der Waals surface area (Å²) in [4.78, 5) is 2.51. The summed E-state index contributed by atoms with van der Waals surface area (Å²) in [5.41, 5.74) is 0. The average Bonchev–Trinajstić information content (AvgIpc) is 2.33. The van der Waals surface area contributed by atoms with Gasteiger partial charge < -0.3 is 10.0 Å². The molecule has 2 nitrogen and oxygen atoms in total. The molecule has 17 heavy (non-hydrogen) atoms. The summed E-state index contributed by atoms with van der Waals surface area (Å²) in [6.07, 6.45) is 13.4. The molecular formula is C15H29NO. The van der Waals surface area contributed by atoms with E-state index in [0.717, 1.165) is 6.54 Å². The Bertz CT molecular complexity index is 193.